The van der Waals surface area contributed by atoms with E-state index in [4.69, 9.17) is 0 Å². The quantitative estimate of drug-likeness (QED) is 0.547. The molecule has 1 saturated carbocycles. The number of amides is 1. The van der Waals surface area contributed by atoms with Gasteiger partial charge in [-0.1, -0.05) is 19.3 Å². The van der Waals surface area contributed by atoms with Crippen LogP contribution in [0.4, 0.5) is 0 Å². The fourth-order valence-electron chi connectivity index (χ4n) is 2.90. The fraction of sp³-hybridized carbons (Fsp3) is 0.857. The zero-order valence-corrected chi connectivity index (χ0v) is 12.4. The molecule has 0 atom stereocenters. The summed E-state index contributed by atoms with van der Waals surface area (Å²) in [5, 5.41) is 2.45. The standard InChI is InChI=1S/C14H24N2OS/c1-3-16(4-2)13(17)10-14(11-15-12-18)8-6-5-7-9-14/h3-11H2,1-2H3. The minimum absolute atomic E-state index is 0.0454. The van der Waals surface area contributed by atoms with E-state index in [0.717, 1.165) is 25.9 Å². The average Bonchev–Trinajstić information content (AvgIpc) is 2.39. The Morgan fingerprint density at radius 1 is 1.28 bits per heavy atom. The van der Waals surface area contributed by atoms with E-state index in [2.05, 4.69) is 22.4 Å². The van der Waals surface area contributed by atoms with Crippen LogP contribution in [0, 0.1) is 5.41 Å². The molecule has 0 aliphatic heterocycles. The van der Waals surface area contributed by atoms with Gasteiger partial charge in [-0.15, -0.1) is 0 Å². The zero-order valence-electron chi connectivity index (χ0n) is 11.6. The van der Waals surface area contributed by atoms with Gasteiger partial charge in [0.1, 0.15) is 0 Å². The summed E-state index contributed by atoms with van der Waals surface area (Å²) in [4.78, 5) is 18.3. The van der Waals surface area contributed by atoms with Crippen molar-refractivity contribution in [3.63, 3.8) is 0 Å². The van der Waals surface area contributed by atoms with Gasteiger partial charge in [-0.25, -0.2) is 4.99 Å². The number of hydrogen-bond acceptors (Lipinski definition) is 3. The number of carbonyl (C=O) groups is 1. The Balaban J connectivity index is 2.71. The lowest BCUT2D eigenvalue weighted by Crippen LogP contribution is -2.38. The van der Waals surface area contributed by atoms with Crippen LogP contribution in [0.5, 0.6) is 0 Å². The molecule has 0 aromatic heterocycles. The SMILES string of the molecule is CCN(CC)C(=O)CC1(CN=C=S)CCCCC1. The van der Waals surface area contributed by atoms with E-state index >= 15 is 0 Å². The smallest absolute Gasteiger partial charge is 0.223 e. The predicted molar refractivity (Wildman–Crippen MR) is 78.0 cm³/mol. The Labute approximate surface area is 116 Å². The predicted octanol–water partition coefficient (Wildman–Crippen LogP) is 3.30. The lowest BCUT2D eigenvalue weighted by Gasteiger charge is -2.36. The van der Waals surface area contributed by atoms with Crippen molar-refractivity contribution in [3.8, 4) is 0 Å². The maximum Gasteiger partial charge on any atom is 0.223 e. The van der Waals surface area contributed by atoms with Gasteiger partial charge in [0.25, 0.3) is 0 Å². The summed E-state index contributed by atoms with van der Waals surface area (Å²) in [5.74, 6) is 0.265. The Kier molecular flexibility index (Phi) is 6.51. The summed E-state index contributed by atoms with van der Waals surface area (Å²) < 4.78 is 0. The Hall–Kier alpha value is -0.730. The van der Waals surface area contributed by atoms with Crippen LogP contribution < -0.4 is 0 Å². The molecule has 1 aliphatic rings. The van der Waals surface area contributed by atoms with Crippen molar-refractivity contribution in [2.24, 2.45) is 10.4 Å². The first-order chi connectivity index (χ1) is 8.67. The molecule has 0 heterocycles. The van der Waals surface area contributed by atoms with Crippen molar-refractivity contribution in [1.82, 2.24) is 4.90 Å². The molecule has 0 spiro atoms. The number of thiocarbonyl (C=S) groups is 1. The topological polar surface area (TPSA) is 32.7 Å². The molecule has 0 saturated heterocycles. The van der Waals surface area contributed by atoms with E-state index in [1.165, 1.54) is 19.3 Å². The number of aliphatic imine (C=N–C) groups is 1. The highest BCUT2D eigenvalue weighted by molar-refractivity contribution is 7.78. The molecule has 1 aliphatic carbocycles. The molecule has 18 heavy (non-hydrogen) atoms. The second-order valence-electron chi connectivity index (χ2n) is 5.21. The molecule has 0 bridgehead atoms. The van der Waals surface area contributed by atoms with Crippen molar-refractivity contribution in [3.05, 3.63) is 0 Å². The van der Waals surface area contributed by atoms with Crippen molar-refractivity contribution >= 4 is 23.3 Å². The Morgan fingerprint density at radius 2 is 1.89 bits per heavy atom. The van der Waals surface area contributed by atoms with E-state index in [9.17, 15) is 4.79 Å². The van der Waals surface area contributed by atoms with Crippen LogP contribution in [0.2, 0.25) is 0 Å². The van der Waals surface area contributed by atoms with Crippen LogP contribution >= 0.6 is 12.2 Å². The van der Waals surface area contributed by atoms with Gasteiger partial charge < -0.3 is 4.90 Å². The Morgan fingerprint density at radius 3 is 2.39 bits per heavy atom. The number of rotatable bonds is 6. The molecule has 1 rings (SSSR count). The zero-order chi connectivity index (χ0) is 13.4. The van der Waals surface area contributed by atoms with Crippen LogP contribution in [-0.4, -0.2) is 35.6 Å². The summed E-state index contributed by atoms with van der Waals surface area (Å²) in [6, 6.07) is 0. The number of isothiocyanates is 1. The third kappa shape index (κ3) is 4.18. The summed E-state index contributed by atoms with van der Waals surface area (Å²) in [5.41, 5.74) is 0.0454. The number of hydrogen-bond donors (Lipinski definition) is 0. The number of carbonyl (C=O) groups excluding carboxylic acids is 1. The van der Waals surface area contributed by atoms with E-state index in [1.54, 1.807) is 0 Å². The van der Waals surface area contributed by atoms with Crippen molar-refractivity contribution in [1.29, 1.82) is 0 Å². The molecule has 102 valence electrons. The molecule has 0 radical (unpaired) electrons. The highest BCUT2D eigenvalue weighted by Crippen LogP contribution is 2.40. The van der Waals surface area contributed by atoms with Crippen LogP contribution in [0.3, 0.4) is 0 Å². The van der Waals surface area contributed by atoms with E-state index in [1.807, 2.05) is 18.7 Å². The second-order valence-corrected chi connectivity index (χ2v) is 5.39. The van der Waals surface area contributed by atoms with E-state index < -0.39 is 0 Å². The van der Waals surface area contributed by atoms with Gasteiger partial charge in [0, 0.05) is 19.5 Å². The number of nitrogens with zero attached hydrogens (tertiary/aromatic N) is 2. The summed E-state index contributed by atoms with van der Waals surface area (Å²) in [7, 11) is 0. The first-order valence-corrected chi connectivity index (χ1v) is 7.39. The van der Waals surface area contributed by atoms with Crippen molar-refractivity contribution in [2.45, 2.75) is 52.4 Å². The molecule has 0 unspecified atom stereocenters. The first-order valence-electron chi connectivity index (χ1n) is 6.99. The molecule has 0 aromatic rings. The maximum absolute atomic E-state index is 12.3. The van der Waals surface area contributed by atoms with Crippen molar-refractivity contribution in [2.75, 3.05) is 19.6 Å². The van der Waals surface area contributed by atoms with Gasteiger partial charge in [0.2, 0.25) is 5.91 Å². The van der Waals surface area contributed by atoms with E-state index in [-0.39, 0.29) is 11.3 Å². The van der Waals surface area contributed by atoms with Crippen LogP contribution in [-0.2, 0) is 4.79 Å². The molecule has 3 nitrogen and oxygen atoms in total. The Bertz CT molecular complexity index is 314. The van der Waals surface area contributed by atoms with Crippen molar-refractivity contribution < 1.29 is 4.79 Å². The highest BCUT2D eigenvalue weighted by atomic mass is 32.1. The normalized spacial score (nSPS) is 17.9. The summed E-state index contributed by atoms with van der Waals surface area (Å²) in [6.45, 7) is 6.32. The largest absolute Gasteiger partial charge is 0.343 e. The third-order valence-corrected chi connectivity index (χ3v) is 4.16. The third-order valence-electron chi connectivity index (χ3n) is 4.04. The molecular formula is C14H24N2OS. The van der Waals surface area contributed by atoms with Gasteiger partial charge in [0.05, 0.1) is 11.7 Å². The monoisotopic (exact) mass is 268 g/mol. The minimum atomic E-state index is 0.0454. The van der Waals surface area contributed by atoms with Crippen LogP contribution in [0.15, 0.2) is 4.99 Å². The van der Waals surface area contributed by atoms with Crippen LogP contribution in [0.25, 0.3) is 0 Å². The highest BCUT2D eigenvalue weighted by Gasteiger charge is 2.35. The fourth-order valence-corrected chi connectivity index (χ4v) is 2.97. The lowest BCUT2D eigenvalue weighted by molar-refractivity contribution is -0.133. The molecular weight excluding hydrogens is 244 g/mol. The first kappa shape index (κ1) is 15.3. The van der Waals surface area contributed by atoms with Gasteiger partial charge in [0.15, 0.2) is 0 Å². The van der Waals surface area contributed by atoms with Crippen LogP contribution in [0.1, 0.15) is 52.4 Å². The average molecular weight is 268 g/mol. The summed E-state index contributed by atoms with van der Waals surface area (Å²) >= 11 is 4.67. The van der Waals surface area contributed by atoms with Gasteiger partial charge in [-0.3, -0.25) is 4.79 Å². The van der Waals surface area contributed by atoms with Gasteiger partial charge >= 0.3 is 0 Å². The van der Waals surface area contributed by atoms with Gasteiger partial charge in [-0.05, 0) is 44.3 Å². The second kappa shape index (κ2) is 7.65. The lowest BCUT2D eigenvalue weighted by atomic mass is 9.71. The molecule has 0 N–H and O–H groups in total. The molecule has 0 aromatic carbocycles. The molecule has 1 fully saturated rings. The maximum atomic E-state index is 12.3. The minimum Gasteiger partial charge on any atom is -0.343 e. The molecule has 4 heteroatoms. The van der Waals surface area contributed by atoms with E-state index in [0.29, 0.717) is 13.0 Å². The molecule has 1 amide bonds. The van der Waals surface area contributed by atoms with Gasteiger partial charge in [-0.2, -0.15) is 0 Å². The summed E-state index contributed by atoms with van der Waals surface area (Å²) in [6.07, 6.45) is 6.51.